The van der Waals surface area contributed by atoms with Crippen LogP contribution in [0.5, 0.6) is 11.5 Å². The molecule has 0 aliphatic rings. The van der Waals surface area contributed by atoms with Gasteiger partial charge >= 0.3 is 0 Å². The fourth-order valence-electron chi connectivity index (χ4n) is 3.54. The van der Waals surface area contributed by atoms with Crippen molar-refractivity contribution in [3.8, 4) is 11.5 Å². The molecule has 2 aromatic carbocycles. The first-order valence-corrected chi connectivity index (χ1v) is 9.49. The van der Waals surface area contributed by atoms with Crippen LogP contribution in [-0.2, 0) is 6.42 Å². The van der Waals surface area contributed by atoms with E-state index in [1.807, 2.05) is 63.4 Å². The first-order valence-electron chi connectivity index (χ1n) is 9.49. The zero-order valence-electron chi connectivity index (χ0n) is 17.2. The summed E-state index contributed by atoms with van der Waals surface area (Å²) in [5.41, 5.74) is 3.86. The molecule has 1 atom stereocenters. The van der Waals surface area contributed by atoms with Crippen LogP contribution in [0.15, 0.2) is 42.5 Å². The second kappa shape index (κ2) is 8.48. The fraction of sp³-hybridized carbons (Fsp3) is 0.348. The summed E-state index contributed by atoms with van der Waals surface area (Å²) in [6.45, 7) is 4.70. The lowest BCUT2D eigenvalue weighted by Gasteiger charge is -2.24. The summed E-state index contributed by atoms with van der Waals surface area (Å²) in [4.78, 5) is 18.6. The minimum atomic E-state index is -0.210. The van der Waals surface area contributed by atoms with Gasteiger partial charge in [0.2, 0.25) is 0 Å². The van der Waals surface area contributed by atoms with Gasteiger partial charge in [0.15, 0.2) is 17.3 Å². The summed E-state index contributed by atoms with van der Waals surface area (Å²) in [6.07, 6.45) is 0.821. The van der Waals surface area contributed by atoms with E-state index < -0.39 is 0 Å². The highest BCUT2D eigenvalue weighted by molar-refractivity contribution is 6.11. The number of methoxy groups -OCH3 is 2. The van der Waals surface area contributed by atoms with E-state index in [9.17, 15) is 4.79 Å². The quantitative estimate of drug-likeness (QED) is 0.594. The molecular formula is C23H28N2O3. The normalized spacial score (nSPS) is 12.4. The molecular weight excluding hydrogens is 352 g/mol. The summed E-state index contributed by atoms with van der Waals surface area (Å²) in [5, 5.41) is 0.991. The largest absolute Gasteiger partial charge is 0.493 e. The van der Waals surface area contributed by atoms with Gasteiger partial charge < -0.3 is 14.5 Å². The molecule has 0 aliphatic heterocycles. The molecule has 3 aromatic rings. The highest BCUT2D eigenvalue weighted by Gasteiger charge is 2.24. The van der Waals surface area contributed by atoms with Crippen LogP contribution in [0.2, 0.25) is 0 Å². The molecule has 0 bridgehead atoms. The average molecular weight is 380 g/mol. The number of para-hydroxylation sites is 1. The van der Waals surface area contributed by atoms with E-state index in [4.69, 9.17) is 9.47 Å². The highest BCUT2D eigenvalue weighted by atomic mass is 16.5. The van der Waals surface area contributed by atoms with E-state index in [-0.39, 0.29) is 11.8 Å². The number of benzene rings is 2. The standard InChI is InChI=1S/C23H28N2O3/c1-15-22(18-8-6-7-9-19(18)24-15)23(26)16(2)25(3)13-12-17-10-11-20(27-4)21(14-17)28-5/h6-11,14,16,24H,12-13H2,1-5H3/t16-/m1/s1. The van der Waals surface area contributed by atoms with Gasteiger partial charge in [-0.3, -0.25) is 9.69 Å². The van der Waals surface area contributed by atoms with Crippen LogP contribution < -0.4 is 9.47 Å². The van der Waals surface area contributed by atoms with Crippen LogP contribution in [0, 0.1) is 6.92 Å². The van der Waals surface area contributed by atoms with Crippen molar-refractivity contribution in [3.05, 3.63) is 59.3 Å². The van der Waals surface area contributed by atoms with Gasteiger partial charge in [-0.15, -0.1) is 0 Å². The molecule has 0 spiro atoms. The van der Waals surface area contributed by atoms with Gasteiger partial charge in [-0.25, -0.2) is 0 Å². The van der Waals surface area contributed by atoms with Crippen LogP contribution in [0.25, 0.3) is 10.9 Å². The number of carbonyl (C=O) groups is 1. The van der Waals surface area contributed by atoms with E-state index in [1.54, 1.807) is 14.2 Å². The number of ketones is 1. The topological polar surface area (TPSA) is 54.6 Å². The zero-order valence-corrected chi connectivity index (χ0v) is 17.2. The lowest BCUT2D eigenvalue weighted by molar-refractivity contribution is 0.0871. The minimum absolute atomic E-state index is 0.143. The predicted octanol–water partition coefficient (Wildman–Crippen LogP) is 4.24. The highest BCUT2D eigenvalue weighted by Crippen LogP contribution is 2.28. The number of nitrogens with one attached hydrogen (secondary N) is 1. The van der Waals surface area contributed by atoms with Crippen LogP contribution in [-0.4, -0.2) is 49.5 Å². The summed E-state index contributed by atoms with van der Waals surface area (Å²) >= 11 is 0. The second-order valence-electron chi connectivity index (χ2n) is 7.13. The fourth-order valence-corrected chi connectivity index (χ4v) is 3.54. The molecule has 0 saturated carbocycles. The van der Waals surface area contributed by atoms with Gasteiger partial charge in [0.1, 0.15) is 0 Å². The third-order valence-electron chi connectivity index (χ3n) is 5.38. The number of aryl methyl sites for hydroxylation is 1. The maximum Gasteiger partial charge on any atom is 0.182 e. The number of likely N-dealkylation sites (N-methyl/N-ethyl adjacent to an activating group) is 1. The molecule has 0 aliphatic carbocycles. The van der Waals surface area contributed by atoms with Crippen molar-refractivity contribution in [3.63, 3.8) is 0 Å². The number of H-pyrrole nitrogens is 1. The molecule has 28 heavy (non-hydrogen) atoms. The van der Waals surface area contributed by atoms with E-state index >= 15 is 0 Å². The van der Waals surface area contributed by atoms with Gasteiger partial charge in [-0.05, 0) is 51.1 Å². The van der Waals surface area contributed by atoms with Gasteiger partial charge in [0.25, 0.3) is 0 Å². The molecule has 0 unspecified atom stereocenters. The van der Waals surface area contributed by atoms with Crippen molar-refractivity contribution in [2.24, 2.45) is 0 Å². The second-order valence-corrected chi connectivity index (χ2v) is 7.13. The maximum atomic E-state index is 13.2. The minimum Gasteiger partial charge on any atom is -0.493 e. The Kier molecular flexibility index (Phi) is 6.05. The Labute approximate surface area is 166 Å². The molecule has 0 amide bonds. The van der Waals surface area contributed by atoms with Crippen molar-refractivity contribution in [1.82, 2.24) is 9.88 Å². The van der Waals surface area contributed by atoms with Crippen molar-refractivity contribution in [2.75, 3.05) is 27.8 Å². The van der Waals surface area contributed by atoms with E-state index in [1.165, 1.54) is 0 Å². The molecule has 148 valence electrons. The van der Waals surface area contributed by atoms with Gasteiger partial charge in [0, 0.05) is 28.7 Å². The number of fused-ring (bicyclic) bond motifs is 1. The Morgan fingerprint density at radius 2 is 1.82 bits per heavy atom. The van der Waals surface area contributed by atoms with Gasteiger partial charge in [-0.2, -0.15) is 0 Å². The number of ether oxygens (including phenoxy) is 2. The Hall–Kier alpha value is -2.79. The predicted molar refractivity (Wildman–Crippen MR) is 113 cm³/mol. The van der Waals surface area contributed by atoms with Gasteiger partial charge in [-0.1, -0.05) is 24.3 Å². The molecule has 1 N–H and O–H groups in total. The third kappa shape index (κ3) is 3.90. The first-order chi connectivity index (χ1) is 13.5. The Morgan fingerprint density at radius 1 is 1.11 bits per heavy atom. The first kappa shape index (κ1) is 20.0. The maximum absolute atomic E-state index is 13.2. The van der Waals surface area contributed by atoms with Crippen molar-refractivity contribution in [2.45, 2.75) is 26.3 Å². The van der Waals surface area contributed by atoms with Crippen molar-refractivity contribution >= 4 is 16.7 Å². The number of hydrogen-bond acceptors (Lipinski definition) is 4. The molecule has 3 rings (SSSR count). The molecule has 0 fully saturated rings. The van der Waals surface area contributed by atoms with Crippen molar-refractivity contribution < 1.29 is 14.3 Å². The lowest BCUT2D eigenvalue weighted by Crippen LogP contribution is -2.37. The Bertz CT molecular complexity index is 977. The van der Waals surface area contributed by atoms with Crippen LogP contribution in [0.3, 0.4) is 0 Å². The smallest absolute Gasteiger partial charge is 0.182 e. The monoisotopic (exact) mass is 380 g/mol. The van der Waals surface area contributed by atoms with Crippen molar-refractivity contribution in [1.29, 1.82) is 0 Å². The number of rotatable bonds is 8. The molecule has 1 heterocycles. The third-order valence-corrected chi connectivity index (χ3v) is 5.38. The Morgan fingerprint density at radius 3 is 2.54 bits per heavy atom. The summed E-state index contributed by atoms with van der Waals surface area (Å²) in [5.74, 6) is 1.59. The summed E-state index contributed by atoms with van der Waals surface area (Å²) < 4.78 is 10.7. The van der Waals surface area contributed by atoms with Crippen LogP contribution >= 0.6 is 0 Å². The van der Waals surface area contributed by atoms with E-state index in [2.05, 4.69) is 9.88 Å². The number of aromatic amines is 1. The summed E-state index contributed by atoms with van der Waals surface area (Å²) in [6, 6.07) is 13.7. The average Bonchev–Trinajstić information content (AvgIpc) is 3.06. The Balaban J connectivity index is 1.71. The SMILES string of the molecule is COc1ccc(CCN(C)[C@H](C)C(=O)c2c(C)[nH]c3ccccc23)cc1OC. The van der Waals surface area contributed by atoms with E-state index in [0.29, 0.717) is 0 Å². The lowest BCUT2D eigenvalue weighted by atomic mass is 10.0. The number of nitrogens with zero attached hydrogens (tertiary/aromatic N) is 1. The van der Waals surface area contributed by atoms with Gasteiger partial charge in [0.05, 0.1) is 20.3 Å². The molecule has 5 nitrogen and oxygen atoms in total. The number of aromatic nitrogens is 1. The molecule has 0 radical (unpaired) electrons. The number of hydrogen-bond donors (Lipinski definition) is 1. The molecule has 5 heteroatoms. The van der Waals surface area contributed by atoms with Crippen LogP contribution in [0.4, 0.5) is 0 Å². The van der Waals surface area contributed by atoms with Crippen LogP contribution in [0.1, 0.15) is 28.5 Å². The zero-order chi connectivity index (χ0) is 20.3. The number of Topliss-reactive ketones (excluding diaryl/α,β-unsaturated/α-hetero) is 1. The van der Waals surface area contributed by atoms with E-state index in [0.717, 1.165) is 52.2 Å². The molecule has 1 aromatic heterocycles. The number of carbonyl (C=O) groups excluding carboxylic acids is 1. The molecule has 0 saturated heterocycles. The summed E-state index contributed by atoms with van der Waals surface area (Å²) in [7, 11) is 5.26.